The Kier molecular flexibility index (Phi) is 9.51. The largest absolute Gasteiger partial charge is 0.375 e. The predicted molar refractivity (Wildman–Crippen MR) is 123 cm³/mol. The van der Waals surface area contributed by atoms with E-state index in [4.69, 9.17) is 5.73 Å². The molecule has 2 atom stereocenters. The van der Waals surface area contributed by atoms with Gasteiger partial charge in [-0.2, -0.15) is 0 Å². The molecule has 0 spiro atoms. The van der Waals surface area contributed by atoms with Crippen LogP contribution in [0.15, 0.2) is 0 Å². The second kappa shape index (κ2) is 11.6. The maximum atomic E-state index is 13.4. The third-order valence-corrected chi connectivity index (χ3v) is 6.37. The molecule has 4 N–H and O–H groups in total. The van der Waals surface area contributed by atoms with Crippen molar-refractivity contribution in [2.75, 3.05) is 46.5 Å². The molecule has 170 valence electrons. The molecule has 0 saturated heterocycles. The Balaban J connectivity index is 2.08. The first-order valence-corrected chi connectivity index (χ1v) is 11.7. The Labute approximate surface area is 184 Å². The lowest BCUT2D eigenvalue weighted by Crippen LogP contribution is -2.50. The van der Waals surface area contributed by atoms with Gasteiger partial charge in [-0.3, -0.25) is 9.69 Å². The number of urea groups is 1. The Morgan fingerprint density at radius 3 is 2.67 bits per heavy atom. The van der Waals surface area contributed by atoms with Crippen molar-refractivity contribution in [1.29, 1.82) is 0 Å². The predicted octanol–water partition coefficient (Wildman–Crippen LogP) is 1.95. The number of hydrogen-bond acceptors (Lipinski definition) is 7. The van der Waals surface area contributed by atoms with E-state index < -0.39 is 0 Å². The summed E-state index contributed by atoms with van der Waals surface area (Å²) in [6.45, 7) is 5.62. The zero-order valence-electron chi connectivity index (χ0n) is 19.0. The molecule has 30 heavy (non-hydrogen) atoms. The van der Waals surface area contributed by atoms with Crippen LogP contribution in [0.5, 0.6) is 0 Å². The zero-order valence-corrected chi connectivity index (χ0v) is 19.8. The van der Waals surface area contributed by atoms with E-state index in [1.165, 1.54) is 9.78 Å². The van der Waals surface area contributed by atoms with Crippen molar-refractivity contribution in [3.8, 4) is 0 Å². The molecule has 0 saturated carbocycles. The molecular formula is C21H38N6O2S. The third-order valence-electron chi connectivity index (χ3n) is 5.38. The number of aromatic nitrogens is 1. The van der Waals surface area contributed by atoms with E-state index in [1.807, 2.05) is 35.0 Å². The number of carbonyl (C=O) groups is 2. The van der Waals surface area contributed by atoms with Gasteiger partial charge in [0.2, 0.25) is 5.91 Å². The van der Waals surface area contributed by atoms with Crippen LogP contribution in [0.25, 0.3) is 0 Å². The lowest BCUT2D eigenvalue weighted by molar-refractivity contribution is -0.133. The first-order valence-electron chi connectivity index (χ1n) is 10.9. The Hall–Kier alpha value is -1.71. The molecule has 0 bridgehead atoms. The number of nitrogen functional groups attached to an aromatic ring is 1. The van der Waals surface area contributed by atoms with Gasteiger partial charge < -0.3 is 21.3 Å². The van der Waals surface area contributed by atoms with E-state index in [1.54, 1.807) is 11.3 Å². The average Bonchev–Trinajstić information content (AvgIpc) is 3.02. The first-order chi connectivity index (χ1) is 14.2. The van der Waals surface area contributed by atoms with Crippen molar-refractivity contribution in [2.45, 2.75) is 52.0 Å². The molecule has 0 aromatic carbocycles. The van der Waals surface area contributed by atoms with Crippen LogP contribution < -0.4 is 16.4 Å². The highest BCUT2D eigenvalue weighted by molar-refractivity contribution is 7.15. The topological polar surface area (TPSA) is 104 Å². The van der Waals surface area contributed by atoms with Gasteiger partial charge in [0.25, 0.3) is 0 Å². The third kappa shape index (κ3) is 7.21. The molecule has 0 radical (unpaired) electrons. The smallest absolute Gasteiger partial charge is 0.324 e. The van der Waals surface area contributed by atoms with Gasteiger partial charge in [0, 0.05) is 24.0 Å². The van der Waals surface area contributed by atoms with Gasteiger partial charge in [-0.15, -0.1) is 11.3 Å². The molecule has 9 heteroatoms. The number of nitrogens with two attached hydrogens (primary N) is 1. The summed E-state index contributed by atoms with van der Waals surface area (Å²) in [6.07, 6.45) is 4.35. The number of thiazole rings is 1. The van der Waals surface area contributed by atoms with E-state index in [2.05, 4.69) is 20.5 Å². The normalized spacial score (nSPS) is 17.1. The van der Waals surface area contributed by atoms with Crippen molar-refractivity contribution in [1.82, 2.24) is 25.4 Å². The van der Waals surface area contributed by atoms with Crippen LogP contribution in [-0.2, 0) is 17.6 Å². The number of fused-ring (bicyclic) bond motifs is 1. The van der Waals surface area contributed by atoms with Crippen molar-refractivity contribution >= 4 is 28.4 Å². The molecule has 0 aliphatic heterocycles. The van der Waals surface area contributed by atoms with Crippen LogP contribution in [0.4, 0.5) is 9.93 Å². The van der Waals surface area contributed by atoms with Gasteiger partial charge in [0.05, 0.1) is 11.6 Å². The molecule has 1 aromatic heterocycles. The fourth-order valence-corrected chi connectivity index (χ4v) is 4.87. The lowest BCUT2D eigenvalue weighted by Gasteiger charge is -2.30. The summed E-state index contributed by atoms with van der Waals surface area (Å²) in [4.78, 5) is 35.4. The number of imide groups is 1. The van der Waals surface area contributed by atoms with Crippen molar-refractivity contribution in [3.05, 3.63) is 10.6 Å². The lowest BCUT2D eigenvalue weighted by atomic mass is 9.83. The summed E-state index contributed by atoms with van der Waals surface area (Å²) in [6, 6.07) is -0.315. The summed E-state index contributed by atoms with van der Waals surface area (Å²) in [5, 5.41) is 6.66. The Bertz CT molecular complexity index is 706. The molecular weight excluding hydrogens is 400 g/mol. The monoisotopic (exact) mass is 438 g/mol. The van der Waals surface area contributed by atoms with E-state index >= 15 is 0 Å². The number of anilines is 1. The maximum absolute atomic E-state index is 13.4. The van der Waals surface area contributed by atoms with E-state index in [-0.39, 0.29) is 23.9 Å². The summed E-state index contributed by atoms with van der Waals surface area (Å²) in [5.41, 5.74) is 6.96. The second-order valence-corrected chi connectivity index (χ2v) is 9.89. The van der Waals surface area contributed by atoms with Gasteiger partial charge in [-0.25, -0.2) is 9.78 Å². The molecule has 8 nitrogen and oxygen atoms in total. The van der Waals surface area contributed by atoms with E-state index in [0.29, 0.717) is 24.1 Å². The van der Waals surface area contributed by atoms with Gasteiger partial charge in [-0.1, -0.05) is 0 Å². The molecule has 1 aromatic rings. The summed E-state index contributed by atoms with van der Waals surface area (Å²) < 4.78 is 0. The highest BCUT2D eigenvalue weighted by atomic mass is 32.1. The van der Waals surface area contributed by atoms with E-state index in [0.717, 1.165) is 44.3 Å². The molecule has 3 amide bonds. The van der Waals surface area contributed by atoms with Gasteiger partial charge in [-0.05, 0) is 79.6 Å². The van der Waals surface area contributed by atoms with Crippen molar-refractivity contribution in [2.24, 2.45) is 11.8 Å². The van der Waals surface area contributed by atoms with Gasteiger partial charge in [0.15, 0.2) is 5.13 Å². The van der Waals surface area contributed by atoms with Crippen LogP contribution in [-0.4, -0.2) is 73.5 Å². The standard InChI is InChI=1S/C21H38N6O2S/c1-14(2)24-21(29)27(10-6-9-26(4)5)19(28)16(13-23-3)11-15-7-8-18-17(12-15)25-20(22)30-18/h14-16,23H,6-13H2,1-5H3,(H2,22,25)(H,24,29). The number of nitrogens with zero attached hydrogens (tertiary/aromatic N) is 3. The molecule has 2 unspecified atom stereocenters. The van der Waals surface area contributed by atoms with Crippen LogP contribution >= 0.6 is 11.3 Å². The Morgan fingerprint density at radius 1 is 1.30 bits per heavy atom. The van der Waals surface area contributed by atoms with Crippen molar-refractivity contribution < 1.29 is 9.59 Å². The van der Waals surface area contributed by atoms with Gasteiger partial charge in [0.1, 0.15) is 0 Å². The molecule has 1 aliphatic carbocycles. The number of aryl methyl sites for hydroxylation is 1. The number of nitrogens with one attached hydrogen (secondary N) is 2. The highest BCUT2D eigenvalue weighted by Gasteiger charge is 2.32. The fraction of sp³-hybridized carbons (Fsp3) is 0.762. The summed E-state index contributed by atoms with van der Waals surface area (Å²) >= 11 is 1.58. The minimum Gasteiger partial charge on any atom is -0.375 e. The van der Waals surface area contributed by atoms with Gasteiger partial charge >= 0.3 is 6.03 Å². The van der Waals surface area contributed by atoms with E-state index in [9.17, 15) is 9.59 Å². The first kappa shape index (κ1) is 24.6. The SMILES string of the molecule is CNCC(CC1CCc2sc(N)nc2C1)C(=O)N(CCCN(C)C)C(=O)NC(C)C. The zero-order chi connectivity index (χ0) is 22.3. The van der Waals surface area contributed by atoms with Crippen LogP contribution in [0.1, 0.15) is 43.7 Å². The van der Waals surface area contributed by atoms with Crippen LogP contribution in [0.3, 0.4) is 0 Å². The number of carbonyl (C=O) groups excluding carboxylic acids is 2. The minimum absolute atomic E-state index is 0.0173. The second-order valence-electron chi connectivity index (χ2n) is 8.77. The van der Waals surface area contributed by atoms with Crippen molar-refractivity contribution in [3.63, 3.8) is 0 Å². The molecule has 2 rings (SSSR count). The number of amides is 3. The molecule has 1 heterocycles. The van der Waals surface area contributed by atoms with Crippen LogP contribution in [0.2, 0.25) is 0 Å². The molecule has 0 fully saturated rings. The highest BCUT2D eigenvalue weighted by Crippen LogP contribution is 2.34. The average molecular weight is 439 g/mol. The Morgan fingerprint density at radius 2 is 2.03 bits per heavy atom. The summed E-state index contributed by atoms with van der Waals surface area (Å²) in [5.74, 6) is 0.0396. The minimum atomic E-state index is -0.298. The quantitative estimate of drug-likeness (QED) is 0.516. The maximum Gasteiger partial charge on any atom is 0.324 e. The summed E-state index contributed by atoms with van der Waals surface area (Å²) in [7, 11) is 5.84. The number of rotatable bonds is 10. The van der Waals surface area contributed by atoms with Crippen LogP contribution in [0, 0.1) is 11.8 Å². The number of hydrogen-bond donors (Lipinski definition) is 3. The fourth-order valence-electron chi connectivity index (χ4n) is 3.99. The molecule has 1 aliphatic rings.